The Morgan fingerprint density at radius 1 is 1.13 bits per heavy atom. The van der Waals surface area contributed by atoms with E-state index in [1.165, 1.54) is 25.6 Å². The highest BCUT2D eigenvalue weighted by molar-refractivity contribution is 7.18. The third-order valence-electron chi connectivity index (χ3n) is 6.34. The minimum atomic E-state index is -4.66. The van der Waals surface area contributed by atoms with Crippen molar-refractivity contribution in [2.75, 3.05) is 27.4 Å². The Morgan fingerprint density at radius 2 is 1.92 bits per heavy atom. The molecule has 0 atom stereocenters. The predicted molar refractivity (Wildman–Crippen MR) is 135 cm³/mol. The number of imidazole rings is 1. The van der Waals surface area contributed by atoms with E-state index in [9.17, 15) is 18.3 Å². The number of aromatic nitrogens is 4. The van der Waals surface area contributed by atoms with Crippen LogP contribution < -0.4 is 14.2 Å². The Labute approximate surface area is 226 Å². The lowest BCUT2D eigenvalue weighted by atomic mass is 9.95. The standard InChI is InChI=1S/C24H21F3N4O6S2/c1-33-12-7-16(13-9-18(37-17(13)8-12)15-10-28-21-31(15)30-22(34-2)39-21)36-11-14-19(24(25,26)27)38-20(29-14)23(32)3-5-35-6-4-23/h7-10,32H,3-6,11H2,1-2H3. The van der Waals surface area contributed by atoms with Crippen LogP contribution in [0.4, 0.5) is 13.2 Å². The van der Waals surface area contributed by atoms with Crippen LogP contribution in [0.3, 0.4) is 0 Å². The summed E-state index contributed by atoms with van der Waals surface area (Å²) in [6.07, 6.45) is -2.73. The molecule has 0 bridgehead atoms. The Kier molecular flexibility index (Phi) is 6.40. The van der Waals surface area contributed by atoms with Crippen molar-refractivity contribution in [3.63, 3.8) is 0 Å². The molecule has 1 aliphatic rings. The van der Waals surface area contributed by atoms with Crippen molar-refractivity contribution in [1.82, 2.24) is 19.6 Å². The van der Waals surface area contributed by atoms with Gasteiger partial charge in [-0.15, -0.1) is 16.4 Å². The molecule has 206 valence electrons. The number of halogens is 3. The average Bonchev–Trinajstić information content (AvgIpc) is 3.69. The molecule has 1 fully saturated rings. The van der Waals surface area contributed by atoms with Crippen LogP contribution in [0.25, 0.3) is 27.4 Å². The van der Waals surface area contributed by atoms with E-state index in [0.29, 0.717) is 49.7 Å². The van der Waals surface area contributed by atoms with Crippen molar-refractivity contribution in [2.45, 2.75) is 31.2 Å². The fourth-order valence-corrected chi connectivity index (χ4v) is 6.09. The van der Waals surface area contributed by atoms with Gasteiger partial charge in [-0.3, -0.25) is 0 Å². The van der Waals surface area contributed by atoms with E-state index < -0.39 is 23.3 Å². The van der Waals surface area contributed by atoms with Crippen LogP contribution in [0, 0.1) is 0 Å². The molecule has 1 aliphatic heterocycles. The molecule has 5 heterocycles. The number of nitrogens with zero attached hydrogens (tertiary/aromatic N) is 4. The molecule has 6 rings (SSSR count). The summed E-state index contributed by atoms with van der Waals surface area (Å²) < 4.78 is 71.1. The first kappa shape index (κ1) is 25.9. The van der Waals surface area contributed by atoms with Gasteiger partial charge in [-0.25, -0.2) is 9.97 Å². The minimum Gasteiger partial charge on any atom is -0.496 e. The van der Waals surface area contributed by atoms with Gasteiger partial charge in [0.1, 0.15) is 50.6 Å². The van der Waals surface area contributed by atoms with Crippen LogP contribution in [0.15, 0.2) is 28.8 Å². The number of aliphatic hydroxyl groups is 1. The van der Waals surface area contributed by atoms with Gasteiger partial charge in [-0.05, 0) is 17.4 Å². The third kappa shape index (κ3) is 4.68. The molecular weight excluding hydrogens is 561 g/mol. The van der Waals surface area contributed by atoms with E-state index in [0.717, 1.165) is 0 Å². The molecule has 10 nitrogen and oxygen atoms in total. The number of hydrogen-bond donors (Lipinski definition) is 1. The Morgan fingerprint density at radius 3 is 2.64 bits per heavy atom. The number of fused-ring (bicyclic) bond motifs is 2. The quantitative estimate of drug-likeness (QED) is 0.274. The van der Waals surface area contributed by atoms with E-state index >= 15 is 0 Å². The van der Waals surface area contributed by atoms with E-state index in [-0.39, 0.29) is 42.5 Å². The molecule has 0 saturated carbocycles. The second kappa shape index (κ2) is 9.66. The van der Waals surface area contributed by atoms with E-state index in [1.54, 1.807) is 28.9 Å². The zero-order valence-electron chi connectivity index (χ0n) is 20.6. The summed E-state index contributed by atoms with van der Waals surface area (Å²) in [4.78, 5) is 8.19. The maximum atomic E-state index is 13.9. The first-order valence-electron chi connectivity index (χ1n) is 11.7. The second-order valence-corrected chi connectivity index (χ2v) is 10.7. The zero-order valence-corrected chi connectivity index (χ0v) is 22.2. The second-order valence-electron chi connectivity index (χ2n) is 8.78. The molecule has 1 N–H and O–H groups in total. The van der Waals surface area contributed by atoms with Gasteiger partial charge >= 0.3 is 6.18 Å². The minimum absolute atomic E-state index is 0.00144. The van der Waals surface area contributed by atoms with Crippen molar-refractivity contribution in [3.8, 4) is 28.1 Å². The maximum absolute atomic E-state index is 13.9. The summed E-state index contributed by atoms with van der Waals surface area (Å²) in [5.41, 5.74) is -0.838. The maximum Gasteiger partial charge on any atom is 0.427 e. The predicted octanol–water partition coefficient (Wildman–Crippen LogP) is 5.27. The average molecular weight is 583 g/mol. The van der Waals surface area contributed by atoms with Gasteiger partial charge in [0, 0.05) is 38.2 Å². The highest BCUT2D eigenvalue weighted by Gasteiger charge is 2.42. The van der Waals surface area contributed by atoms with Crippen LogP contribution in [-0.2, 0) is 23.1 Å². The van der Waals surface area contributed by atoms with Gasteiger partial charge in [0.15, 0.2) is 5.76 Å². The molecule has 5 aromatic rings. The van der Waals surface area contributed by atoms with Crippen molar-refractivity contribution >= 4 is 38.6 Å². The molecule has 15 heteroatoms. The number of rotatable bonds is 7. The number of alkyl halides is 3. The lowest BCUT2D eigenvalue weighted by molar-refractivity contribution is -0.135. The zero-order chi connectivity index (χ0) is 27.4. The SMILES string of the molecule is COc1cc(OCc2nc(C3(O)CCOCC3)sc2C(F)(F)F)c2cc(-c3cnc4sc(OC)nn34)oc2c1. The fraction of sp³-hybridized carbons (Fsp3) is 0.375. The number of hydrogen-bond acceptors (Lipinski definition) is 11. The first-order chi connectivity index (χ1) is 18.7. The Balaban J connectivity index is 1.36. The molecule has 1 aromatic carbocycles. The van der Waals surface area contributed by atoms with Crippen molar-refractivity contribution in [1.29, 1.82) is 0 Å². The smallest absolute Gasteiger partial charge is 0.427 e. The topological polar surface area (TPSA) is 113 Å². The van der Waals surface area contributed by atoms with Crippen LogP contribution in [-0.4, -0.2) is 52.1 Å². The molecule has 1 saturated heterocycles. The molecule has 4 aromatic heterocycles. The van der Waals surface area contributed by atoms with Crippen molar-refractivity contribution in [3.05, 3.63) is 40.0 Å². The molecular formula is C24H21F3N4O6S2. The molecule has 0 spiro atoms. The summed E-state index contributed by atoms with van der Waals surface area (Å²) in [5.74, 6) is 1.04. The molecule has 0 unspecified atom stereocenters. The van der Waals surface area contributed by atoms with E-state index in [2.05, 4.69) is 15.1 Å². The van der Waals surface area contributed by atoms with Crippen LogP contribution in [0.5, 0.6) is 16.7 Å². The Bertz CT molecular complexity index is 1650. The van der Waals surface area contributed by atoms with Crippen LogP contribution >= 0.6 is 22.7 Å². The van der Waals surface area contributed by atoms with Gasteiger partial charge < -0.3 is 28.5 Å². The van der Waals surface area contributed by atoms with E-state index in [4.69, 9.17) is 23.4 Å². The molecule has 0 radical (unpaired) electrons. The molecule has 39 heavy (non-hydrogen) atoms. The number of methoxy groups -OCH3 is 2. The monoisotopic (exact) mass is 582 g/mol. The summed E-state index contributed by atoms with van der Waals surface area (Å²) in [5, 5.41) is 16.2. The van der Waals surface area contributed by atoms with Crippen molar-refractivity contribution < 1.29 is 41.6 Å². The van der Waals surface area contributed by atoms with Gasteiger partial charge in [-0.2, -0.15) is 17.7 Å². The summed E-state index contributed by atoms with van der Waals surface area (Å²) in [7, 11) is 2.97. The first-order valence-corrected chi connectivity index (χ1v) is 13.3. The number of benzene rings is 1. The highest BCUT2D eigenvalue weighted by atomic mass is 32.1. The summed E-state index contributed by atoms with van der Waals surface area (Å²) >= 11 is 1.69. The van der Waals surface area contributed by atoms with Gasteiger partial charge in [0.25, 0.3) is 5.19 Å². The number of thiazole rings is 1. The fourth-order valence-electron chi connectivity index (χ4n) is 4.31. The van der Waals surface area contributed by atoms with Gasteiger partial charge in [0.05, 0.1) is 25.8 Å². The number of ether oxygens (including phenoxy) is 4. The Hall–Kier alpha value is -3.40. The normalized spacial score (nSPS) is 15.7. The molecule has 0 amide bonds. The van der Waals surface area contributed by atoms with Crippen LogP contribution in [0.2, 0.25) is 0 Å². The lowest BCUT2D eigenvalue weighted by Gasteiger charge is -2.29. The third-order valence-corrected chi connectivity index (χ3v) is 8.56. The van der Waals surface area contributed by atoms with Crippen molar-refractivity contribution in [2.24, 2.45) is 0 Å². The molecule has 0 aliphatic carbocycles. The largest absolute Gasteiger partial charge is 0.496 e. The highest BCUT2D eigenvalue weighted by Crippen LogP contribution is 2.43. The lowest BCUT2D eigenvalue weighted by Crippen LogP contribution is -2.33. The van der Waals surface area contributed by atoms with Crippen LogP contribution in [0.1, 0.15) is 28.4 Å². The van der Waals surface area contributed by atoms with Gasteiger partial charge in [-0.1, -0.05) is 0 Å². The number of furan rings is 1. The summed E-state index contributed by atoms with van der Waals surface area (Å²) in [6, 6.07) is 4.90. The summed E-state index contributed by atoms with van der Waals surface area (Å²) in [6.45, 7) is -0.00295. The van der Waals surface area contributed by atoms with E-state index in [1.807, 2.05) is 0 Å². The van der Waals surface area contributed by atoms with Gasteiger partial charge in [0.2, 0.25) is 4.96 Å².